The molecule has 5 heteroatoms. The second kappa shape index (κ2) is 4.52. The summed E-state index contributed by atoms with van der Waals surface area (Å²) in [6.07, 6.45) is -0.103. The summed E-state index contributed by atoms with van der Waals surface area (Å²) in [6, 6.07) is 3.00. The van der Waals surface area contributed by atoms with Crippen molar-refractivity contribution in [2.75, 3.05) is 0 Å². The van der Waals surface area contributed by atoms with Crippen LogP contribution in [0.5, 0.6) is 0 Å². The summed E-state index contributed by atoms with van der Waals surface area (Å²) in [4.78, 5) is 14.6. The Labute approximate surface area is 90.3 Å². The molecule has 0 aliphatic rings. The van der Waals surface area contributed by atoms with Crippen LogP contribution in [-0.4, -0.2) is 16.1 Å². The molecule has 1 atom stereocenters. The first kappa shape index (κ1) is 11.1. The first-order valence-corrected chi connectivity index (χ1v) is 4.90. The first-order chi connectivity index (χ1) is 6.50. The summed E-state index contributed by atoms with van der Waals surface area (Å²) in [5.74, 6) is -0.917. The van der Waals surface area contributed by atoms with Gasteiger partial charge in [0.25, 0.3) is 0 Å². The highest BCUT2D eigenvalue weighted by Crippen LogP contribution is 2.18. The van der Waals surface area contributed by atoms with Gasteiger partial charge in [-0.25, -0.2) is 0 Å². The van der Waals surface area contributed by atoms with E-state index in [1.807, 2.05) is 13.0 Å². The number of nitrogens with two attached hydrogens (primary N) is 1. The van der Waals surface area contributed by atoms with Gasteiger partial charge in [0, 0.05) is 4.47 Å². The lowest BCUT2D eigenvalue weighted by Gasteiger charge is -2.09. The highest BCUT2D eigenvalue weighted by Gasteiger charge is 2.12. The Morgan fingerprint density at radius 3 is 2.86 bits per heavy atom. The average Bonchev–Trinajstić information content (AvgIpc) is 2.08. The minimum Gasteiger partial charge on any atom is -0.481 e. The number of hydrogen-bond donors (Lipinski definition) is 2. The van der Waals surface area contributed by atoms with E-state index in [0.717, 1.165) is 10.2 Å². The van der Waals surface area contributed by atoms with E-state index in [4.69, 9.17) is 10.8 Å². The third-order valence-electron chi connectivity index (χ3n) is 1.82. The molecule has 0 aliphatic heterocycles. The molecule has 0 amide bonds. The normalized spacial score (nSPS) is 12.5. The van der Waals surface area contributed by atoms with Crippen LogP contribution in [0.15, 0.2) is 16.6 Å². The summed E-state index contributed by atoms with van der Waals surface area (Å²) in [7, 11) is 0. The predicted molar refractivity (Wildman–Crippen MR) is 55.9 cm³/mol. The third-order valence-corrected chi connectivity index (χ3v) is 2.66. The molecule has 0 unspecified atom stereocenters. The van der Waals surface area contributed by atoms with Gasteiger partial charge in [-0.3, -0.25) is 9.78 Å². The Kier molecular flexibility index (Phi) is 3.60. The number of rotatable bonds is 3. The molecule has 1 aromatic heterocycles. The number of aliphatic carboxylic acids is 1. The van der Waals surface area contributed by atoms with Gasteiger partial charge >= 0.3 is 5.97 Å². The summed E-state index contributed by atoms with van der Waals surface area (Å²) < 4.78 is 0.892. The third kappa shape index (κ3) is 2.78. The molecule has 0 spiro atoms. The maximum absolute atomic E-state index is 10.4. The highest BCUT2D eigenvalue weighted by molar-refractivity contribution is 9.10. The largest absolute Gasteiger partial charge is 0.481 e. The van der Waals surface area contributed by atoms with E-state index < -0.39 is 12.0 Å². The van der Waals surface area contributed by atoms with E-state index in [-0.39, 0.29) is 6.42 Å². The minimum absolute atomic E-state index is 0.103. The number of carboxylic acid groups (broad SMARTS) is 1. The maximum Gasteiger partial charge on any atom is 0.305 e. The fourth-order valence-corrected chi connectivity index (χ4v) is 1.28. The molecule has 76 valence electrons. The van der Waals surface area contributed by atoms with Gasteiger partial charge in [0.1, 0.15) is 0 Å². The van der Waals surface area contributed by atoms with Gasteiger partial charge in [0.2, 0.25) is 0 Å². The van der Waals surface area contributed by atoms with E-state index in [2.05, 4.69) is 20.9 Å². The van der Waals surface area contributed by atoms with Gasteiger partial charge < -0.3 is 10.8 Å². The molecule has 0 aliphatic carbocycles. The van der Waals surface area contributed by atoms with Crippen molar-refractivity contribution in [2.24, 2.45) is 5.73 Å². The lowest BCUT2D eigenvalue weighted by molar-refractivity contribution is -0.137. The Morgan fingerprint density at radius 2 is 2.36 bits per heavy atom. The van der Waals surface area contributed by atoms with Crippen molar-refractivity contribution in [3.05, 3.63) is 28.0 Å². The van der Waals surface area contributed by atoms with Crippen LogP contribution >= 0.6 is 15.9 Å². The summed E-state index contributed by atoms with van der Waals surface area (Å²) in [6.45, 7) is 1.83. The number of pyridine rings is 1. The van der Waals surface area contributed by atoms with Gasteiger partial charge in [-0.05, 0) is 35.0 Å². The molecule has 1 aromatic rings. The van der Waals surface area contributed by atoms with Crippen LogP contribution < -0.4 is 5.73 Å². The van der Waals surface area contributed by atoms with E-state index in [1.165, 1.54) is 0 Å². The molecular weight excluding hydrogens is 248 g/mol. The van der Waals surface area contributed by atoms with Crippen LogP contribution in [0.25, 0.3) is 0 Å². The van der Waals surface area contributed by atoms with Crippen LogP contribution in [0.2, 0.25) is 0 Å². The van der Waals surface area contributed by atoms with Crippen molar-refractivity contribution in [3.63, 3.8) is 0 Å². The van der Waals surface area contributed by atoms with Crippen LogP contribution in [-0.2, 0) is 4.79 Å². The first-order valence-electron chi connectivity index (χ1n) is 4.11. The standard InChI is InChI=1S/C9H11BrN2O2/c1-5-6(10)2-3-8(12-5)7(11)4-9(13)14/h2-3,7H,4,11H2,1H3,(H,13,14)/t7-/m1/s1. The van der Waals surface area contributed by atoms with Crippen molar-refractivity contribution >= 4 is 21.9 Å². The number of halogens is 1. The molecule has 0 fully saturated rings. The molecule has 4 nitrogen and oxygen atoms in total. The number of aromatic nitrogens is 1. The molecule has 0 saturated heterocycles. The zero-order chi connectivity index (χ0) is 10.7. The van der Waals surface area contributed by atoms with Gasteiger partial charge in [0.05, 0.1) is 23.9 Å². The van der Waals surface area contributed by atoms with Crippen LogP contribution in [0.4, 0.5) is 0 Å². The van der Waals surface area contributed by atoms with Crippen molar-refractivity contribution in [1.29, 1.82) is 0 Å². The van der Waals surface area contributed by atoms with Crippen molar-refractivity contribution < 1.29 is 9.90 Å². The van der Waals surface area contributed by atoms with E-state index in [0.29, 0.717) is 5.69 Å². The van der Waals surface area contributed by atoms with Gasteiger partial charge in [-0.2, -0.15) is 0 Å². The van der Waals surface area contributed by atoms with Crippen molar-refractivity contribution in [2.45, 2.75) is 19.4 Å². The molecular formula is C9H11BrN2O2. The quantitative estimate of drug-likeness (QED) is 0.864. The summed E-state index contributed by atoms with van der Waals surface area (Å²) in [5, 5.41) is 8.55. The van der Waals surface area contributed by atoms with Crippen molar-refractivity contribution in [1.82, 2.24) is 4.98 Å². The fourth-order valence-electron chi connectivity index (χ4n) is 1.06. The summed E-state index contributed by atoms with van der Waals surface area (Å²) in [5.41, 5.74) is 7.07. The zero-order valence-electron chi connectivity index (χ0n) is 7.70. The zero-order valence-corrected chi connectivity index (χ0v) is 9.28. The molecule has 1 rings (SSSR count). The topological polar surface area (TPSA) is 76.2 Å². The Morgan fingerprint density at radius 1 is 1.71 bits per heavy atom. The minimum atomic E-state index is -0.917. The molecule has 0 radical (unpaired) electrons. The number of nitrogens with zero attached hydrogens (tertiary/aromatic N) is 1. The van der Waals surface area contributed by atoms with Gasteiger partial charge in [-0.15, -0.1) is 0 Å². The van der Waals surface area contributed by atoms with Crippen LogP contribution in [0.1, 0.15) is 23.9 Å². The number of carbonyl (C=O) groups is 1. The number of hydrogen-bond acceptors (Lipinski definition) is 3. The predicted octanol–water partition coefficient (Wildman–Crippen LogP) is 1.63. The van der Waals surface area contributed by atoms with E-state index >= 15 is 0 Å². The lowest BCUT2D eigenvalue weighted by Crippen LogP contribution is -2.16. The Bertz CT molecular complexity index is 355. The molecule has 0 aromatic carbocycles. The fraction of sp³-hybridized carbons (Fsp3) is 0.333. The molecule has 1 heterocycles. The molecule has 0 saturated carbocycles. The molecule has 0 bridgehead atoms. The average molecular weight is 259 g/mol. The second-order valence-electron chi connectivity index (χ2n) is 3.01. The summed E-state index contributed by atoms with van der Waals surface area (Å²) >= 11 is 3.31. The van der Waals surface area contributed by atoms with E-state index in [9.17, 15) is 4.79 Å². The van der Waals surface area contributed by atoms with E-state index in [1.54, 1.807) is 6.07 Å². The second-order valence-corrected chi connectivity index (χ2v) is 3.86. The monoisotopic (exact) mass is 258 g/mol. The number of aryl methyl sites for hydroxylation is 1. The highest BCUT2D eigenvalue weighted by atomic mass is 79.9. The lowest BCUT2D eigenvalue weighted by atomic mass is 10.1. The smallest absolute Gasteiger partial charge is 0.305 e. The Hall–Kier alpha value is -0.940. The molecule has 3 N–H and O–H groups in total. The van der Waals surface area contributed by atoms with Crippen LogP contribution in [0.3, 0.4) is 0 Å². The SMILES string of the molecule is Cc1nc([C@H](N)CC(=O)O)ccc1Br. The Balaban J connectivity index is 2.85. The van der Waals surface area contributed by atoms with Crippen LogP contribution in [0, 0.1) is 6.92 Å². The number of carboxylic acids is 1. The van der Waals surface area contributed by atoms with Gasteiger partial charge in [0.15, 0.2) is 0 Å². The molecule has 14 heavy (non-hydrogen) atoms. The van der Waals surface area contributed by atoms with Crippen molar-refractivity contribution in [3.8, 4) is 0 Å². The maximum atomic E-state index is 10.4. The van der Waals surface area contributed by atoms with Gasteiger partial charge in [-0.1, -0.05) is 0 Å².